The van der Waals surface area contributed by atoms with E-state index in [1.807, 2.05) is 12.1 Å². The Hall–Kier alpha value is -2.13. The van der Waals surface area contributed by atoms with E-state index in [2.05, 4.69) is 30.9 Å². The Morgan fingerprint density at radius 1 is 1.25 bits per heavy atom. The largest absolute Gasteiger partial charge is 0.367 e. The van der Waals surface area contributed by atoms with Crippen LogP contribution in [0, 0.1) is 0 Å². The fourth-order valence-corrected chi connectivity index (χ4v) is 4.09. The molecule has 1 aliphatic carbocycles. The van der Waals surface area contributed by atoms with Crippen molar-refractivity contribution in [3.05, 3.63) is 28.2 Å². The lowest BCUT2D eigenvalue weighted by Gasteiger charge is -2.32. The summed E-state index contributed by atoms with van der Waals surface area (Å²) in [6.07, 6.45) is 3.88. The zero-order valence-electron chi connectivity index (χ0n) is 13.1. The van der Waals surface area contributed by atoms with Crippen LogP contribution < -0.4 is 4.90 Å². The van der Waals surface area contributed by atoms with Gasteiger partial charge in [0.2, 0.25) is 0 Å². The Morgan fingerprint density at radius 3 is 3.08 bits per heavy atom. The highest BCUT2D eigenvalue weighted by Crippen LogP contribution is 2.38. The van der Waals surface area contributed by atoms with Crippen LogP contribution in [-0.4, -0.2) is 49.9 Å². The van der Waals surface area contributed by atoms with Crippen molar-refractivity contribution in [2.45, 2.75) is 31.3 Å². The number of tetrazole rings is 1. The van der Waals surface area contributed by atoms with Gasteiger partial charge in [0.15, 0.2) is 11.5 Å². The molecule has 4 heterocycles. The van der Waals surface area contributed by atoms with Crippen molar-refractivity contribution in [3.8, 4) is 0 Å². The van der Waals surface area contributed by atoms with Crippen LogP contribution >= 0.6 is 11.3 Å². The van der Waals surface area contributed by atoms with Crippen molar-refractivity contribution in [3.63, 3.8) is 0 Å². The second-order valence-corrected chi connectivity index (χ2v) is 7.15. The number of rotatable bonds is 3. The number of morpholine rings is 1. The number of hydrogen-bond acceptors (Lipinski definition) is 8. The fraction of sp³-hybridized carbons (Fsp3) is 0.533. The predicted octanol–water partition coefficient (Wildman–Crippen LogP) is 1.82. The van der Waals surface area contributed by atoms with Gasteiger partial charge in [0.25, 0.3) is 0 Å². The van der Waals surface area contributed by atoms with E-state index < -0.39 is 0 Å². The number of thiazole rings is 1. The summed E-state index contributed by atoms with van der Waals surface area (Å²) in [6.45, 7) is 2.22. The first-order chi connectivity index (χ1) is 11.9. The molecule has 3 aromatic heterocycles. The summed E-state index contributed by atoms with van der Waals surface area (Å²) in [4.78, 5) is 7.04. The predicted molar refractivity (Wildman–Crippen MR) is 88.2 cm³/mol. The van der Waals surface area contributed by atoms with Crippen LogP contribution in [0.25, 0.3) is 5.65 Å². The van der Waals surface area contributed by atoms with Gasteiger partial charge in [-0.1, -0.05) is 6.42 Å². The highest BCUT2D eigenvalue weighted by Gasteiger charge is 2.28. The summed E-state index contributed by atoms with van der Waals surface area (Å²) in [6, 6.07) is 3.83. The van der Waals surface area contributed by atoms with Crippen LogP contribution in [0.2, 0.25) is 0 Å². The molecular formula is C15H17N7OS. The molecule has 0 N–H and O–H groups in total. The molecule has 5 rings (SSSR count). The van der Waals surface area contributed by atoms with Crippen LogP contribution in [0.1, 0.15) is 42.0 Å². The summed E-state index contributed by atoms with van der Waals surface area (Å²) in [5, 5.41) is 19.1. The number of nitrogens with zero attached hydrogens (tertiary/aromatic N) is 7. The van der Waals surface area contributed by atoms with Crippen molar-refractivity contribution in [1.82, 2.24) is 30.2 Å². The fourth-order valence-electron chi connectivity index (χ4n) is 3.16. The first-order valence-electron chi connectivity index (χ1n) is 8.24. The molecule has 2 aliphatic rings. The lowest BCUT2D eigenvalue weighted by Crippen LogP contribution is -2.39. The molecule has 1 saturated carbocycles. The summed E-state index contributed by atoms with van der Waals surface area (Å²) in [5.41, 5.74) is 1.89. The number of anilines is 1. The van der Waals surface area contributed by atoms with Gasteiger partial charge in [-0.25, -0.2) is 4.98 Å². The normalized spacial score (nSPS) is 22.0. The molecule has 1 saturated heterocycles. The Kier molecular flexibility index (Phi) is 3.41. The minimum atomic E-state index is 0.00365. The van der Waals surface area contributed by atoms with E-state index in [1.54, 1.807) is 11.3 Å². The van der Waals surface area contributed by atoms with Crippen LogP contribution in [-0.2, 0) is 4.74 Å². The van der Waals surface area contributed by atoms with Gasteiger partial charge in [-0.15, -0.1) is 26.2 Å². The SMILES string of the molecule is c1sc(C2CN(c3ccc4nnnn4n3)CCO2)nc1C1CCC1. The molecule has 0 amide bonds. The zero-order valence-corrected chi connectivity index (χ0v) is 13.9. The topological polar surface area (TPSA) is 81.3 Å². The molecule has 0 bridgehead atoms. The summed E-state index contributed by atoms with van der Waals surface area (Å²) >= 11 is 1.71. The van der Waals surface area contributed by atoms with Gasteiger partial charge < -0.3 is 9.64 Å². The zero-order chi connectivity index (χ0) is 15.9. The Labute approximate surface area is 142 Å². The van der Waals surface area contributed by atoms with E-state index in [4.69, 9.17) is 9.72 Å². The van der Waals surface area contributed by atoms with E-state index in [0.29, 0.717) is 18.2 Å². The highest BCUT2D eigenvalue weighted by atomic mass is 32.1. The molecule has 0 aromatic carbocycles. The van der Waals surface area contributed by atoms with E-state index in [1.165, 1.54) is 29.6 Å². The first-order valence-corrected chi connectivity index (χ1v) is 9.12. The third-order valence-corrected chi connectivity index (χ3v) is 5.74. The van der Waals surface area contributed by atoms with Crippen LogP contribution in [0.15, 0.2) is 17.5 Å². The Morgan fingerprint density at radius 2 is 2.21 bits per heavy atom. The maximum Gasteiger partial charge on any atom is 0.200 e. The molecule has 9 heteroatoms. The number of ether oxygens (including phenoxy) is 1. The molecular weight excluding hydrogens is 326 g/mol. The van der Waals surface area contributed by atoms with E-state index in [0.717, 1.165) is 23.9 Å². The van der Waals surface area contributed by atoms with Crippen LogP contribution in [0.4, 0.5) is 5.82 Å². The van der Waals surface area contributed by atoms with Crippen molar-refractivity contribution in [2.24, 2.45) is 0 Å². The highest BCUT2D eigenvalue weighted by molar-refractivity contribution is 7.09. The minimum absolute atomic E-state index is 0.00365. The van der Waals surface area contributed by atoms with Crippen molar-refractivity contribution in [1.29, 1.82) is 0 Å². The average molecular weight is 343 g/mol. The Balaban J connectivity index is 1.36. The number of fused-ring (bicyclic) bond motifs is 1. The summed E-state index contributed by atoms with van der Waals surface area (Å²) < 4.78 is 7.42. The van der Waals surface area contributed by atoms with Crippen molar-refractivity contribution in [2.75, 3.05) is 24.6 Å². The Bertz CT molecular complexity index is 858. The molecule has 1 aliphatic heterocycles. The molecule has 0 radical (unpaired) electrons. The van der Waals surface area contributed by atoms with Gasteiger partial charge in [0.1, 0.15) is 11.1 Å². The maximum absolute atomic E-state index is 5.96. The lowest BCUT2D eigenvalue weighted by molar-refractivity contribution is 0.0391. The van der Waals surface area contributed by atoms with E-state index in [9.17, 15) is 0 Å². The van der Waals surface area contributed by atoms with Gasteiger partial charge in [0.05, 0.1) is 18.8 Å². The van der Waals surface area contributed by atoms with Gasteiger partial charge in [-0.3, -0.25) is 0 Å². The van der Waals surface area contributed by atoms with Crippen LogP contribution in [0.5, 0.6) is 0 Å². The molecule has 1 atom stereocenters. The lowest BCUT2D eigenvalue weighted by atomic mass is 9.83. The average Bonchev–Trinajstić information content (AvgIpc) is 3.22. The van der Waals surface area contributed by atoms with Gasteiger partial charge in [-0.05, 0) is 35.4 Å². The minimum Gasteiger partial charge on any atom is -0.367 e. The van der Waals surface area contributed by atoms with Crippen LogP contribution in [0.3, 0.4) is 0 Å². The second-order valence-electron chi connectivity index (χ2n) is 6.26. The van der Waals surface area contributed by atoms with Gasteiger partial charge in [0, 0.05) is 17.8 Å². The molecule has 3 aromatic rings. The standard InChI is InChI=1S/C15H17N7OS/c1-2-10(3-1)11-9-24-15(16-11)12-8-21(6-7-23-12)14-5-4-13-17-19-20-22(13)18-14/h4-5,9-10,12H,1-3,6-8H2. The number of hydrogen-bond donors (Lipinski definition) is 0. The molecule has 1 unspecified atom stereocenters. The smallest absolute Gasteiger partial charge is 0.200 e. The molecule has 124 valence electrons. The molecule has 0 spiro atoms. The molecule has 2 fully saturated rings. The molecule has 8 nitrogen and oxygen atoms in total. The van der Waals surface area contributed by atoms with Crippen molar-refractivity contribution < 1.29 is 4.74 Å². The summed E-state index contributed by atoms with van der Waals surface area (Å²) in [5.74, 6) is 1.53. The second kappa shape index (κ2) is 5.75. The summed E-state index contributed by atoms with van der Waals surface area (Å²) in [7, 11) is 0. The van der Waals surface area contributed by atoms with E-state index >= 15 is 0 Å². The maximum atomic E-state index is 5.96. The first kappa shape index (κ1) is 14.2. The number of aromatic nitrogens is 6. The third-order valence-electron chi connectivity index (χ3n) is 4.78. The third kappa shape index (κ3) is 2.44. The molecule has 24 heavy (non-hydrogen) atoms. The monoisotopic (exact) mass is 343 g/mol. The van der Waals surface area contributed by atoms with Crippen molar-refractivity contribution >= 4 is 22.8 Å². The van der Waals surface area contributed by atoms with Gasteiger partial charge >= 0.3 is 0 Å². The van der Waals surface area contributed by atoms with E-state index in [-0.39, 0.29) is 6.10 Å². The van der Waals surface area contributed by atoms with Gasteiger partial charge in [-0.2, -0.15) is 0 Å². The quantitative estimate of drug-likeness (QED) is 0.717.